The van der Waals surface area contributed by atoms with Gasteiger partial charge in [0.2, 0.25) is 0 Å². The molecule has 0 fully saturated rings. The van der Waals surface area contributed by atoms with Crippen molar-refractivity contribution >= 4 is 0 Å². The molecule has 0 atom stereocenters. The summed E-state index contributed by atoms with van der Waals surface area (Å²) in [4.78, 5) is 8.13. The molecule has 0 saturated heterocycles. The van der Waals surface area contributed by atoms with Crippen LogP contribution in [0.3, 0.4) is 0 Å². The molecule has 0 aliphatic carbocycles. The van der Waals surface area contributed by atoms with E-state index in [0.29, 0.717) is 23.8 Å². The van der Waals surface area contributed by atoms with Crippen LogP contribution in [-0.4, -0.2) is 26.8 Å². The number of hydrogen-bond acceptors (Lipinski definition) is 5. The van der Waals surface area contributed by atoms with Crippen molar-refractivity contribution in [3.63, 3.8) is 0 Å². The molecule has 14 heavy (non-hydrogen) atoms. The number of pyridine rings is 1. The summed E-state index contributed by atoms with van der Waals surface area (Å²) in [6.45, 7) is 0.0151. The molecule has 5 nitrogen and oxygen atoms in total. The lowest BCUT2D eigenvalue weighted by Gasteiger charge is -1.89. The van der Waals surface area contributed by atoms with Gasteiger partial charge in [-0.2, -0.15) is 4.98 Å². The molecule has 0 aromatic carbocycles. The molecule has 5 heteroatoms. The fraction of sp³-hybridized carbons (Fsp3) is 0.222. The smallest absolute Gasteiger partial charge is 0.276 e. The Balaban J connectivity index is 2.25. The molecule has 72 valence electrons. The highest BCUT2D eigenvalue weighted by Gasteiger charge is 2.08. The average Bonchev–Trinajstić information content (AvgIpc) is 2.68. The van der Waals surface area contributed by atoms with Crippen molar-refractivity contribution < 1.29 is 9.63 Å². The molecule has 0 aliphatic heterocycles. The highest BCUT2D eigenvalue weighted by molar-refractivity contribution is 5.45. The van der Waals surface area contributed by atoms with Gasteiger partial charge in [0.05, 0.1) is 6.61 Å². The second-order valence-corrected chi connectivity index (χ2v) is 2.70. The van der Waals surface area contributed by atoms with E-state index in [1.165, 1.54) is 0 Å². The monoisotopic (exact) mass is 191 g/mol. The second-order valence-electron chi connectivity index (χ2n) is 2.70. The third-order valence-electron chi connectivity index (χ3n) is 1.69. The van der Waals surface area contributed by atoms with E-state index >= 15 is 0 Å². The Kier molecular flexibility index (Phi) is 2.51. The molecular weight excluding hydrogens is 182 g/mol. The molecule has 0 amide bonds. The van der Waals surface area contributed by atoms with Gasteiger partial charge in [-0.25, -0.2) is 0 Å². The Morgan fingerprint density at radius 1 is 1.36 bits per heavy atom. The van der Waals surface area contributed by atoms with Crippen LogP contribution in [0.5, 0.6) is 0 Å². The van der Waals surface area contributed by atoms with Crippen molar-refractivity contribution in [3.8, 4) is 11.6 Å². The third-order valence-corrected chi connectivity index (χ3v) is 1.69. The summed E-state index contributed by atoms with van der Waals surface area (Å²) in [6, 6.07) is 5.45. The van der Waals surface area contributed by atoms with E-state index in [-0.39, 0.29) is 6.61 Å². The maximum Gasteiger partial charge on any atom is 0.276 e. The van der Waals surface area contributed by atoms with E-state index < -0.39 is 0 Å². The van der Waals surface area contributed by atoms with Crippen molar-refractivity contribution in [2.45, 2.75) is 6.42 Å². The number of aliphatic hydroxyl groups excluding tert-OH is 1. The average molecular weight is 191 g/mol. The van der Waals surface area contributed by atoms with Gasteiger partial charge in [-0.15, -0.1) is 0 Å². The number of aromatic nitrogens is 3. The lowest BCUT2D eigenvalue weighted by atomic mass is 10.3. The van der Waals surface area contributed by atoms with Crippen molar-refractivity contribution in [3.05, 3.63) is 30.2 Å². The molecule has 0 bridgehead atoms. The summed E-state index contributed by atoms with van der Waals surface area (Å²) in [6.07, 6.45) is 2.06. The van der Waals surface area contributed by atoms with Gasteiger partial charge in [-0.3, -0.25) is 4.98 Å². The van der Waals surface area contributed by atoms with Gasteiger partial charge < -0.3 is 9.63 Å². The molecule has 0 unspecified atom stereocenters. The molecule has 2 rings (SSSR count). The maximum atomic E-state index is 8.66. The Hall–Kier alpha value is -1.75. The van der Waals surface area contributed by atoms with Crippen molar-refractivity contribution in [1.82, 2.24) is 15.1 Å². The quantitative estimate of drug-likeness (QED) is 0.771. The molecule has 0 spiro atoms. The molecular formula is C9H9N3O2. The van der Waals surface area contributed by atoms with E-state index in [4.69, 9.17) is 9.63 Å². The minimum Gasteiger partial charge on any atom is -0.396 e. The number of hydrogen-bond donors (Lipinski definition) is 1. The van der Waals surface area contributed by atoms with Gasteiger partial charge in [0.1, 0.15) is 5.69 Å². The minimum atomic E-state index is 0.0151. The maximum absolute atomic E-state index is 8.66. The van der Waals surface area contributed by atoms with Crippen molar-refractivity contribution in [2.24, 2.45) is 0 Å². The Labute approximate surface area is 80.4 Å². The van der Waals surface area contributed by atoms with Gasteiger partial charge in [0.15, 0.2) is 5.82 Å². The van der Waals surface area contributed by atoms with Crippen molar-refractivity contribution in [2.75, 3.05) is 6.61 Å². The Morgan fingerprint density at radius 3 is 3.00 bits per heavy atom. The molecule has 2 aromatic heterocycles. The molecule has 0 aliphatic rings. The normalized spacial score (nSPS) is 10.4. The first-order chi connectivity index (χ1) is 6.90. The van der Waals surface area contributed by atoms with Crippen LogP contribution >= 0.6 is 0 Å². The van der Waals surface area contributed by atoms with Crippen LogP contribution in [0.2, 0.25) is 0 Å². The van der Waals surface area contributed by atoms with E-state index in [1.807, 2.05) is 12.1 Å². The Bertz CT molecular complexity index is 399. The fourth-order valence-corrected chi connectivity index (χ4v) is 1.05. The highest BCUT2D eigenvalue weighted by Crippen LogP contribution is 2.12. The van der Waals surface area contributed by atoms with Crippen LogP contribution < -0.4 is 0 Å². The van der Waals surface area contributed by atoms with Crippen LogP contribution in [0.25, 0.3) is 11.6 Å². The first-order valence-corrected chi connectivity index (χ1v) is 4.25. The zero-order valence-corrected chi connectivity index (χ0v) is 7.42. The summed E-state index contributed by atoms with van der Waals surface area (Å²) in [5.41, 5.74) is 0.643. The largest absolute Gasteiger partial charge is 0.396 e. The van der Waals surface area contributed by atoms with Gasteiger partial charge >= 0.3 is 0 Å². The second kappa shape index (κ2) is 3.97. The molecule has 2 aromatic rings. The lowest BCUT2D eigenvalue weighted by Crippen LogP contribution is -1.92. The molecule has 2 heterocycles. The first kappa shape index (κ1) is 8.83. The summed E-state index contributed by atoms with van der Waals surface area (Å²) >= 11 is 0. The number of aliphatic hydroxyl groups is 1. The first-order valence-electron chi connectivity index (χ1n) is 4.25. The molecule has 0 radical (unpaired) electrons. The topological polar surface area (TPSA) is 72.0 Å². The molecule has 1 N–H and O–H groups in total. The van der Waals surface area contributed by atoms with E-state index in [2.05, 4.69) is 15.1 Å². The van der Waals surface area contributed by atoms with Gasteiger partial charge in [-0.1, -0.05) is 11.2 Å². The SMILES string of the molecule is OCCc1noc(-c2ccccn2)n1. The standard InChI is InChI=1S/C9H9N3O2/c13-6-4-8-11-9(14-12-8)7-3-1-2-5-10-7/h1-3,5,13H,4,6H2. The summed E-state index contributed by atoms with van der Waals surface area (Å²) in [5, 5.41) is 12.4. The van der Waals surface area contributed by atoms with Crippen LogP contribution in [0.4, 0.5) is 0 Å². The fourth-order valence-electron chi connectivity index (χ4n) is 1.05. The van der Waals surface area contributed by atoms with Gasteiger partial charge in [-0.05, 0) is 12.1 Å². The number of nitrogens with zero attached hydrogens (tertiary/aromatic N) is 3. The summed E-state index contributed by atoms with van der Waals surface area (Å²) in [7, 11) is 0. The molecule has 0 saturated carbocycles. The highest BCUT2D eigenvalue weighted by atomic mass is 16.5. The number of rotatable bonds is 3. The van der Waals surface area contributed by atoms with Crippen LogP contribution in [-0.2, 0) is 6.42 Å². The summed E-state index contributed by atoms with van der Waals surface area (Å²) in [5.74, 6) is 0.877. The van der Waals surface area contributed by atoms with Crippen LogP contribution in [0.15, 0.2) is 28.9 Å². The van der Waals surface area contributed by atoms with Crippen LogP contribution in [0, 0.1) is 0 Å². The Morgan fingerprint density at radius 2 is 2.29 bits per heavy atom. The minimum absolute atomic E-state index is 0.0151. The zero-order valence-electron chi connectivity index (χ0n) is 7.42. The predicted molar refractivity (Wildman–Crippen MR) is 48.3 cm³/mol. The van der Waals surface area contributed by atoms with E-state index in [9.17, 15) is 0 Å². The van der Waals surface area contributed by atoms with Gasteiger partial charge in [0.25, 0.3) is 5.89 Å². The zero-order chi connectivity index (χ0) is 9.80. The van der Waals surface area contributed by atoms with Crippen molar-refractivity contribution in [1.29, 1.82) is 0 Å². The third kappa shape index (κ3) is 1.77. The predicted octanol–water partition coefficient (Wildman–Crippen LogP) is 0.666. The van der Waals surface area contributed by atoms with Gasteiger partial charge in [0, 0.05) is 12.6 Å². The van der Waals surface area contributed by atoms with E-state index in [1.54, 1.807) is 12.3 Å². The van der Waals surface area contributed by atoms with E-state index in [0.717, 1.165) is 0 Å². The van der Waals surface area contributed by atoms with Crippen LogP contribution in [0.1, 0.15) is 5.82 Å². The lowest BCUT2D eigenvalue weighted by molar-refractivity contribution is 0.293. The summed E-state index contributed by atoms with van der Waals surface area (Å²) < 4.78 is 4.97.